The van der Waals surface area contributed by atoms with Crippen molar-refractivity contribution in [3.63, 3.8) is 0 Å². The first-order valence-electron chi connectivity index (χ1n) is 14.8. The van der Waals surface area contributed by atoms with Gasteiger partial charge in [-0.05, 0) is 59.9 Å². The summed E-state index contributed by atoms with van der Waals surface area (Å²) in [4.78, 5) is 13.4. The lowest BCUT2D eigenvalue weighted by atomic mass is 10.00. The van der Waals surface area contributed by atoms with Crippen LogP contribution in [0.25, 0.3) is 0 Å². The molecule has 44 heavy (non-hydrogen) atoms. The molecule has 8 nitrogen and oxygen atoms in total. The molecule has 1 amide bonds. The van der Waals surface area contributed by atoms with E-state index in [0.29, 0.717) is 37.2 Å². The molecular weight excluding hydrogens is 574 g/mol. The van der Waals surface area contributed by atoms with Crippen molar-refractivity contribution in [2.75, 3.05) is 23.7 Å². The number of nitrogens with one attached hydrogen (secondary N) is 2. The molecule has 0 unspecified atom stereocenters. The lowest BCUT2D eigenvalue weighted by Gasteiger charge is -2.25. The van der Waals surface area contributed by atoms with Crippen molar-refractivity contribution >= 4 is 21.6 Å². The first kappa shape index (κ1) is 32.7. The number of benzene rings is 4. The third-order valence-electron chi connectivity index (χ3n) is 7.26. The summed E-state index contributed by atoms with van der Waals surface area (Å²) in [5.74, 6) is 0.387. The highest BCUT2D eigenvalue weighted by atomic mass is 32.2. The predicted molar refractivity (Wildman–Crippen MR) is 175 cm³/mol. The van der Waals surface area contributed by atoms with Crippen LogP contribution in [0, 0.1) is 0 Å². The largest absolute Gasteiger partial charge is 0.489 e. The number of anilines is 1. The number of aliphatic hydroxyl groups excluding tert-OH is 1. The number of carbonyl (C=O) groups is 1. The van der Waals surface area contributed by atoms with Gasteiger partial charge in [0.15, 0.2) is 0 Å². The van der Waals surface area contributed by atoms with Gasteiger partial charge in [0, 0.05) is 25.7 Å². The highest BCUT2D eigenvalue weighted by Gasteiger charge is 2.24. The fourth-order valence-electron chi connectivity index (χ4n) is 4.79. The van der Waals surface area contributed by atoms with Gasteiger partial charge in [-0.15, -0.1) is 0 Å². The Bertz CT molecular complexity index is 1580. The highest BCUT2D eigenvalue weighted by Crippen LogP contribution is 2.20. The fraction of sp³-hybridized carbons (Fsp3) is 0.286. The van der Waals surface area contributed by atoms with E-state index in [0.717, 1.165) is 22.4 Å². The highest BCUT2D eigenvalue weighted by molar-refractivity contribution is 7.92. The number of nitrogens with zero attached hydrogens (tertiary/aromatic N) is 1. The van der Waals surface area contributed by atoms with E-state index < -0.39 is 28.1 Å². The lowest BCUT2D eigenvalue weighted by molar-refractivity contribution is 0.0830. The minimum absolute atomic E-state index is 0.0171. The molecular formula is C35H41N3O5S. The zero-order valence-corrected chi connectivity index (χ0v) is 26.0. The number of hydrogen-bond acceptors (Lipinski definition) is 6. The number of sulfonamides is 1. The number of carbonyl (C=O) groups excluding carboxylic acids is 1. The summed E-state index contributed by atoms with van der Waals surface area (Å²) in [7, 11) is -2.00. The van der Waals surface area contributed by atoms with Crippen LogP contribution in [0.1, 0.15) is 40.4 Å². The summed E-state index contributed by atoms with van der Waals surface area (Å²) in [5.41, 5.74) is 3.78. The monoisotopic (exact) mass is 615 g/mol. The molecule has 0 radical (unpaired) electrons. The van der Waals surface area contributed by atoms with Gasteiger partial charge in [0.1, 0.15) is 12.4 Å². The Morgan fingerprint density at radius 1 is 0.864 bits per heavy atom. The van der Waals surface area contributed by atoms with E-state index in [1.165, 1.54) is 11.4 Å². The van der Waals surface area contributed by atoms with Crippen LogP contribution in [0.3, 0.4) is 0 Å². The topological polar surface area (TPSA) is 108 Å². The van der Waals surface area contributed by atoms with Crippen LogP contribution >= 0.6 is 0 Å². The minimum Gasteiger partial charge on any atom is -0.489 e. The second-order valence-corrected chi connectivity index (χ2v) is 12.8. The summed E-state index contributed by atoms with van der Waals surface area (Å²) < 4.78 is 32.3. The summed E-state index contributed by atoms with van der Waals surface area (Å²) in [6, 6.07) is 33.4. The van der Waals surface area contributed by atoms with Gasteiger partial charge < -0.3 is 20.5 Å². The SMILES string of the molecule is CCCS(=O)(=O)N(C)c1cccc(C(=O)N[C@@H](Cc2ccccc2)[C@H](O)CNCc2cccc(OCc3ccccc3)c2)c1. The van der Waals surface area contributed by atoms with Gasteiger partial charge in [-0.25, -0.2) is 8.42 Å². The average molecular weight is 616 g/mol. The Kier molecular flexibility index (Phi) is 11.9. The van der Waals surface area contributed by atoms with Crippen LogP contribution in [-0.2, 0) is 29.6 Å². The van der Waals surface area contributed by atoms with Gasteiger partial charge >= 0.3 is 0 Å². The second kappa shape index (κ2) is 16.0. The molecule has 0 spiro atoms. The maximum Gasteiger partial charge on any atom is 0.251 e. The van der Waals surface area contributed by atoms with Crippen molar-refractivity contribution in [1.29, 1.82) is 0 Å². The molecule has 0 fully saturated rings. The van der Waals surface area contributed by atoms with Gasteiger partial charge in [0.25, 0.3) is 5.91 Å². The second-order valence-electron chi connectivity index (χ2n) is 10.7. The first-order chi connectivity index (χ1) is 21.2. The molecule has 0 heterocycles. The fourth-order valence-corrected chi connectivity index (χ4v) is 6.02. The molecule has 0 saturated heterocycles. The minimum atomic E-state index is -3.49. The van der Waals surface area contributed by atoms with E-state index in [1.807, 2.05) is 84.9 Å². The normalized spacial score (nSPS) is 12.7. The van der Waals surface area contributed by atoms with Gasteiger partial charge in [-0.1, -0.05) is 85.8 Å². The molecule has 0 saturated carbocycles. The molecule has 232 valence electrons. The number of rotatable bonds is 16. The molecule has 3 N–H and O–H groups in total. The Balaban J connectivity index is 1.39. The van der Waals surface area contributed by atoms with Crippen molar-refractivity contribution in [1.82, 2.24) is 10.6 Å². The van der Waals surface area contributed by atoms with Crippen molar-refractivity contribution in [2.45, 2.75) is 45.1 Å². The number of hydrogen-bond donors (Lipinski definition) is 3. The lowest BCUT2D eigenvalue weighted by Crippen LogP contribution is -2.48. The maximum atomic E-state index is 13.4. The molecule has 2 atom stereocenters. The van der Waals surface area contributed by atoms with E-state index in [-0.39, 0.29) is 12.3 Å². The predicted octanol–water partition coefficient (Wildman–Crippen LogP) is 4.93. The van der Waals surface area contributed by atoms with Gasteiger partial charge in [-0.2, -0.15) is 0 Å². The summed E-state index contributed by atoms with van der Waals surface area (Å²) in [6.07, 6.45) is 0.0169. The van der Waals surface area contributed by atoms with E-state index in [9.17, 15) is 18.3 Å². The zero-order chi connectivity index (χ0) is 31.4. The van der Waals surface area contributed by atoms with Crippen LogP contribution in [0.15, 0.2) is 109 Å². The molecule has 0 bridgehead atoms. The van der Waals surface area contributed by atoms with Crippen molar-refractivity contribution < 1.29 is 23.1 Å². The van der Waals surface area contributed by atoms with E-state index in [4.69, 9.17) is 4.74 Å². The molecule has 0 aliphatic carbocycles. The Labute approximate surface area is 260 Å². The van der Waals surface area contributed by atoms with Crippen LogP contribution < -0.4 is 19.7 Å². The quantitative estimate of drug-likeness (QED) is 0.165. The van der Waals surface area contributed by atoms with Crippen molar-refractivity contribution in [3.8, 4) is 5.75 Å². The van der Waals surface area contributed by atoms with Crippen LogP contribution in [0.5, 0.6) is 5.75 Å². The van der Waals surface area contributed by atoms with Crippen LogP contribution in [0.4, 0.5) is 5.69 Å². The first-order valence-corrected chi connectivity index (χ1v) is 16.4. The van der Waals surface area contributed by atoms with E-state index >= 15 is 0 Å². The van der Waals surface area contributed by atoms with Gasteiger partial charge in [0.2, 0.25) is 10.0 Å². The number of ether oxygens (including phenoxy) is 1. The van der Waals surface area contributed by atoms with E-state index in [2.05, 4.69) is 10.6 Å². The summed E-state index contributed by atoms with van der Waals surface area (Å²) in [5, 5.41) is 17.5. The Morgan fingerprint density at radius 2 is 1.52 bits per heavy atom. The molecule has 0 aromatic heterocycles. The summed E-state index contributed by atoms with van der Waals surface area (Å²) in [6.45, 7) is 3.03. The van der Waals surface area contributed by atoms with Crippen LogP contribution in [-0.4, -0.2) is 50.9 Å². The molecule has 0 aliphatic heterocycles. The summed E-state index contributed by atoms with van der Waals surface area (Å²) >= 11 is 0. The zero-order valence-electron chi connectivity index (χ0n) is 25.2. The van der Waals surface area contributed by atoms with Crippen molar-refractivity contribution in [3.05, 3.63) is 131 Å². The third-order valence-corrected chi connectivity index (χ3v) is 9.23. The molecule has 4 rings (SSSR count). The Hall–Kier alpha value is -4.18. The number of amides is 1. The smallest absolute Gasteiger partial charge is 0.251 e. The number of aliphatic hydroxyl groups is 1. The Morgan fingerprint density at radius 3 is 2.23 bits per heavy atom. The van der Waals surface area contributed by atoms with Gasteiger partial charge in [-0.3, -0.25) is 9.10 Å². The molecule has 0 aliphatic rings. The third kappa shape index (κ3) is 9.67. The van der Waals surface area contributed by atoms with E-state index in [1.54, 1.807) is 31.2 Å². The maximum absolute atomic E-state index is 13.4. The molecule has 4 aromatic carbocycles. The van der Waals surface area contributed by atoms with Crippen LogP contribution in [0.2, 0.25) is 0 Å². The average Bonchev–Trinajstić information content (AvgIpc) is 3.04. The molecule has 4 aromatic rings. The molecule has 9 heteroatoms. The van der Waals surface area contributed by atoms with Crippen molar-refractivity contribution in [2.24, 2.45) is 0 Å². The van der Waals surface area contributed by atoms with Gasteiger partial charge in [0.05, 0.1) is 23.6 Å². The standard InChI is InChI=1S/C35H41N3O5S/c1-3-20-44(41,42)38(2)31-18-11-17-30(23-31)35(40)37-33(22-27-12-6-4-7-13-27)34(39)25-36-24-29-16-10-19-32(21-29)43-26-28-14-8-5-9-15-28/h4-19,21,23,33-34,36,39H,3,20,22,24-26H2,1-2H3,(H,37,40)/t33-,34+/m0/s1.